The fraction of sp³-hybridized carbons (Fsp3) is 0.186. The van der Waals surface area contributed by atoms with E-state index in [9.17, 15) is 0 Å². The van der Waals surface area contributed by atoms with Gasteiger partial charge >= 0.3 is 0 Å². The molecule has 0 fully saturated rings. The van der Waals surface area contributed by atoms with E-state index >= 15 is 0 Å². The highest BCUT2D eigenvalue weighted by Crippen LogP contribution is 2.67. The monoisotopic (exact) mass is 772 g/mol. The first kappa shape index (κ1) is 35.6. The van der Waals surface area contributed by atoms with Crippen LogP contribution in [0.25, 0.3) is 44.5 Å². The molecule has 1 nitrogen and oxygen atoms in total. The molecule has 4 bridgehead atoms. The molecule has 4 aliphatic rings. The summed E-state index contributed by atoms with van der Waals surface area (Å²) in [6.07, 6.45) is 0. The first-order valence-electron chi connectivity index (χ1n) is 21.7. The maximum Gasteiger partial charge on any atom is 0.151 e. The third kappa shape index (κ3) is 4.21. The quantitative estimate of drug-likeness (QED) is 0.157. The van der Waals surface area contributed by atoms with Crippen LogP contribution < -0.4 is 4.48 Å². The number of hydrogen-bond donors (Lipinski definition) is 0. The zero-order chi connectivity index (χ0) is 41.0. The number of benzene rings is 8. The van der Waals surface area contributed by atoms with Crippen molar-refractivity contribution in [2.24, 2.45) is 0 Å². The molecule has 0 radical (unpaired) electrons. The smallest absolute Gasteiger partial charge is 0.151 e. The van der Waals surface area contributed by atoms with Crippen LogP contribution in [-0.4, -0.2) is 0 Å². The van der Waals surface area contributed by atoms with Gasteiger partial charge in [0.2, 0.25) is 0 Å². The average molecular weight is 773 g/mol. The molecule has 3 aliphatic carbocycles. The van der Waals surface area contributed by atoms with Gasteiger partial charge in [-0.25, -0.2) is 4.48 Å². The Bertz CT molecular complexity index is 3140. The minimum Gasteiger partial charge on any atom is -0.218 e. The Balaban J connectivity index is 1.26. The Labute approximate surface area is 355 Å². The molecule has 0 saturated heterocycles. The fourth-order valence-electron chi connectivity index (χ4n) is 12.3. The van der Waals surface area contributed by atoms with Gasteiger partial charge < -0.3 is 0 Å². The number of para-hydroxylation sites is 1. The van der Waals surface area contributed by atoms with Gasteiger partial charge in [0.1, 0.15) is 16.9 Å². The van der Waals surface area contributed by atoms with Crippen molar-refractivity contribution in [3.05, 3.63) is 220 Å². The number of nitrogens with zero attached hydrogens (tertiary/aromatic N) is 1. The zero-order valence-corrected chi connectivity index (χ0v) is 35.7. The van der Waals surface area contributed by atoms with Gasteiger partial charge in [-0.3, -0.25) is 0 Å². The molecule has 8 aromatic carbocycles. The van der Waals surface area contributed by atoms with Crippen molar-refractivity contribution < 1.29 is 0 Å². The van der Waals surface area contributed by atoms with Gasteiger partial charge in [0.05, 0.1) is 5.41 Å². The van der Waals surface area contributed by atoms with Crippen LogP contribution in [0.15, 0.2) is 176 Å². The second-order valence-electron chi connectivity index (χ2n) is 19.8. The predicted octanol–water partition coefficient (Wildman–Crippen LogP) is 15.5. The molecule has 1 heterocycles. The van der Waals surface area contributed by atoms with Crippen LogP contribution in [-0.2, 0) is 21.8 Å². The van der Waals surface area contributed by atoms with Crippen molar-refractivity contribution in [1.29, 1.82) is 0 Å². The highest BCUT2D eigenvalue weighted by atomic mass is 15.4. The fourth-order valence-corrected chi connectivity index (χ4v) is 12.3. The van der Waals surface area contributed by atoms with Gasteiger partial charge in [-0.2, -0.15) is 0 Å². The zero-order valence-electron chi connectivity index (χ0n) is 35.7. The van der Waals surface area contributed by atoms with Crippen LogP contribution in [0.1, 0.15) is 93.0 Å². The number of hydrogen-bond acceptors (Lipinski definition) is 0. The van der Waals surface area contributed by atoms with E-state index in [1.807, 2.05) is 0 Å². The summed E-state index contributed by atoms with van der Waals surface area (Å²) in [6.45, 7) is 16.9. The van der Waals surface area contributed by atoms with Crippen molar-refractivity contribution in [3.8, 4) is 44.5 Å². The molecule has 0 N–H and O–H groups in total. The first-order valence-corrected chi connectivity index (χ1v) is 21.7. The van der Waals surface area contributed by atoms with E-state index in [-0.39, 0.29) is 10.8 Å². The Morgan fingerprint density at radius 2 is 0.867 bits per heavy atom. The van der Waals surface area contributed by atoms with Crippen molar-refractivity contribution in [1.82, 2.24) is 4.48 Å². The van der Waals surface area contributed by atoms with Gasteiger partial charge in [-0.05, 0) is 121 Å². The van der Waals surface area contributed by atoms with Gasteiger partial charge in [0, 0.05) is 46.9 Å². The molecular weight excluding hydrogens is 723 g/mol. The van der Waals surface area contributed by atoms with Crippen molar-refractivity contribution in [2.45, 2.75) is 70.3 Å². The summed E-state index contributed by atoms with van der Waals surface area (Å²) in [5.74, 6) is 0. The lowest BCUT2D eigenvalue weighted by Gasteiger charge is -2.50. The van der Waals surface area contributed by atoms with Crippen LogP contribution in [0.3, 0.4) is 0 Å². The largest absolute Gasteiger partial charge is 0.218 e. The molecule has 0 amide bonds. The highest BCUT2D eigenvalue weighted by Gasteiger charge is 2.58. The molecule has 1 heteroatoms. The summed E-state index contributed by atoms with van der Waals surface area (Å²) in [4.78, 5) is 0. The normalized spacial score (nSPS) is 20.3. The standard InChI is InChI=1S/C59H50N/c1-56(2,3)38-25-29-46-47-30-26-39-34-53(47)59(52(46)33-38)50-23-15-12-21-44(50)48-32-28-41(36-54(48)59)60(58(39,6)7,55-24-16-13-19-42(55)37-17-9-8-10-18-37)40-27-31-45-43-20-11-14-22-49(43)57(4,5)51(45)35-40/h8-36H,1-7H3/q+1. The summed E-state index contributed by atoms with van der Waals surface area (Å²) in [5, 5.41) is 0. The molecule has 2 atom stereocenters. The van der Waals surface area contributed by atoms with E-state index in [1.165, 1.54) is 106 Å². The molecule has 0 saturated carbocycles. The molecule has 0 aromatic heterocycles. The summed E-state index contributed by atoms with van der Waals surface area (Å²) >= 11 is 0. The highest BCUT2D eigenvalue weighted by molar-refractivity contribution is 5.98. The second-order valence-corrected chi connectivity index (χ2v) is 19.8. The topological polar surface area (TPSA) is 0 Å². The van der Waals surface area contributed by atoms with Crippen LogP contribution >= 0.6 is 0 Å². The van der Waals surface area contributed by atoms with E-state index in [1.54, 1.807) is 0 Å². The van der Waals surface area contributed by atoms with E-state index in [0.29, 0.717) is 4.48 Å². The second kappa shape index (κ2) is 11.7. The van der Waals surface area contributed by atoms with Gasteiger partial charge in [-0.15, -0.1) is 0 Å². The van der Waals surface area contributed by atoms with E-state index in [4.69, 9.17) is 0 Å². The van der Waals surface area contributed by atoms with Gasteiger partial charge in [-0.1, -0.05) is 156 Å². The summed E-state index contributed by atoms with van der Waals surface area (Å²) in [7, 11) is 0. The Morgan fingerprint density at radius 1 is 0.383 bits per heavy atom. The van der Waals surface area contributed by atoms with Crippen molar-refractivity contribution >= 4 is 17.1 Å². The SMILES string of the molecule is CC(C)(C)c1ccc2c(c1)C13c4ccccc4-c4ccc(cc41)[N+](c1ccc4c(c1)C(C)(C)c1ccccc1-4)(c1ccccc1-c1ccccc1)C(C)(C)c1ccc-2c3c1. The Morgan fingerprint density at radius 3 is 1.55 bits per heavy atom. The Kier molecular flexibility index (Phi) is 6.96. The molecule has 1 aliphatic heterocycles. The maximum atomic E-state index is 2.64. The van der Waals surface area contributed by atoms with Crippen molar-refractivity contribution in [3.63, 3.8) is 0 Å². The van der Waals surface area contributed by atoms with Gasteiger partial charge in [0.15, 0.2) is 5.69 Å². The summed E-state index contributed by atoms with van der Waals surface area (Å²) in [5.41, 5.74) is 24.3. The molecule has 2 unspecified atom stereocenters. The van der Waals surface area contributed by atoms with Crippen molar-refractivity contribution in [2.75, 3.05) is 0 Å². The number of fused-ring (bicyclic) bond motifs is 9. The minimum absolute atomic E-state index is 0.00307. The van der Waals surface area contributed by atoms with Crippen LogP contribution in [0.5, 0.6) is 0 Å². The number of quaternary nitrogens is 1. The summed E-state index contributed by atoms with van der Waals surface area (Å²) in [6, 6.07) is 68.5. The van der Waals surface area contributed by atoms with Crippen LogP contribution in [0.2, 0.25) is 0 Å². The number of rotatable bonds is 3. The summed E-state index contributed by atoms with van der Waals surface area (Å²) < 4.78 is 0.505. The lowest BCUT2D eigenvalue weighted by Crippen LogP contribution is -2.54. The van der Waals surface area contributed by atoms with E-state index < -0.39 is 11.0 Å². The van der Waals surface area contributed by atoms with Crippen LogP contribution in [0.4, 0.5) is 17.1 Å². The molecule has 290 valence electrons. The van der Waals surface area contributed by atoms with E-state index in [0.717, 1.165) is 0 Å². The molecular formula is C59H50N+. The molecule has 60 heavy (non-hydrogen) atoms. The molecule has 1 spiro atoms. The van der Waals surface area contributed by atoms with Gasteiger partial charge in [0.25, 0.3) is 0 Å². The average Bonchev–Trinajstić information content (AvgIpc) is 3.81. The van der Waals surface area contributed by atoms with Crippen LogP contribution in [0, 0.1) is 0 Å². The lowest BCUT2D eigenvalue weighted by molar-refractivity contribution is 0.275. The molecule has 8 aromatic rings. The molecule has 12 rings (SSSR count). The maximum absolute atomic E-state index is 2.64. The van der Waals surface area contributed by atoms with E-state index in [2.05, 4.69) is 224 Å². The first-order chi connectivity index (χ1) is 28.9. The third-order valence-electron chi connectivity index (χ3n) is 15.3. The lowest BCUT2D eigenvalue weighted by atomic mass is 9.69. The Hall–Kier alpha value is -6.28. The third-order valence-corrected chi connectivity index (χ3v) is 15.3. The minimum atomic E-state index is -0.497. The predicted molar refractivity (Wildman–Crippen MR) is 251 cm³/mol.